The van der Waals surface area contributed by atoms with Gasteiger partial charge in [-0.1, -0.05) is 95.2 Å². The summed E-state index contributed by atoms with van der Waals surface area (Å²) < 4.78 is 15.5. The Bertz CT molecular complexity index is 2140. The van der Waals surface area contributed by atoms with Gasteiger partial charge in [0.05, 0.1) is 35.6 Å². The van der Waals surface area contributed by atoms with Crippen LogP contribution in [-0.4, -0.2) is 17.1 Å². The summed E-state index contributed by atoms with van der Waals surface area (Å²) in [4.78, 5) is 33.2. The maximum Gasteiger partial charge on any atom is 0.338 e. The van der Waals surface area contributed by atoms with Crippen molar-refractivity contribution in [2.75, 3.05) is 6.61 Å². The molecular weight excluding hydrogens is 869 g/mol. The van der Waals surface area contributed by atoms with Crippen molar-refractivity contribution in [1.29, 1.82) is 0 Å². The molecule has 0 spiro atoms. The summed E-state index contributed by atoms with van der Waals surface area (Å²) in [6.45, 7) is 2.27. The fraction of sp³-hybridized carbons (Fsp3) is 0.114. The number of halogens is 4. The first kappa shape index (κ1) is 33.0. The number of esters is 1. The van der Waals surface area contributed by atoms with E-state index in [1.807, 2.05) is 84.9 Å². The van der Waals surface area contributed by atoms with Crippen molar-refractivity contribution in [2.24, 2.45) is 4.99 Å². The van der Waals surface area contributed by atoms with Crippen LogP contribution < -0.4 is 19.6 Å². The average molecular weight is 893 g/mol. The van der Waals surface area contributed by atoms with E-state index in [0.717, 1.165) is 29.6 Å². The van der Waals surface area contributed by atoms with Crippen LogP contribution in [0.4, 0.5) is 0 Å². The zero-order valence-electron chi connectivity index (χ0n) is 24.2. The predicted octanol–water partition coefficient (Wildman–Crippen LogP) is 8.03. The van der Waals surface area contributed by atoms with Crippen LogP contribution >= 0.6 is 79.7 Å². The Morgan fingerprint density at radius 2 is 1.65 bits per heavy atom. The highest BCUT2D eigenvalue weighted by molar-refractivity contribution is 14.1. The van der Waals surface area contributed by atoms with E-state index in [1.165, 1.54) is 11.3 Å². The van der Waals surface area contributed by atoms with E-state index in [9.17, 15) is 9.59 Å². The summed E-state index contributed by atoms with van der Waals surface area (Å²) in [5.41, 5.74) is 3.69. The summed E-state index contributed by atoms with van der Waals surface area (Å²) in [6.07, 6.45) is 1.85. The molecule has 0 amide bonds. The third kappa shape index (κ3) is 6.84. The van der Waals surface area contributed by atoms with Crippen molar-refractivity contribution in [3.63, 3.8) is 0 Å². The molecule has 6 nitrogen and oxygen atoms in total. The lowest BCUT2D eigenvalue weighted by Crippen LogP contribution is -2.40. The van der Waals surface area contributed by atoms with Gasteiger partial charge in [-0.3, -0.25) is 9.36 Å². The Kier molecular flexibility index (Phi) is 10.3. The number of carbonyl (C=O) groups excluding carboxylic acids is 1. The van der Waals surface area contributed by atoms with Gasteiger partial charge >= 0.3 is 5.97 Å². The normalized spacial score (nSPS) is 14.5. The molecule has 6 rings (SSSR count). The van der Waals surface area contributed by atoms with Crippen LogP contribution in [0.5, 0.6) is 5.75 Å². The van der Waals surface area contributed by atoms with Crippen LogP contribution in [0.25, 0.3) is 11.8 Å². The molecule has 0 saturated carbocycles. The highest BCUT2D eigenvalue weighted by atomic mass is 127. The van der Waals surface area contributed by atoms with Crippen LogP contribution in [0.15, 0.2) is 106 Å². The van der Waals surface area contributed by atoms with Gasteiger partial charge in [0, 0.05) is 21.2 Å². The minimum atomic E-state index is -0.772. The molecule has 0 aliphatic carbocycles. The van der Waals surface area contributed by atoms with Gasteiger partial charge in [0.25, 0.3) is 5.56 Å². The molecule has 11 heteroatoms. The number of thiazole rings is 1. The predicted molar refractivity (Wildman–Crippen MR) is 200 cm³/mol. The van der Waals surface area contributed by atoms with E-state index in [1.54, 1.807) is 23.6 Å². The van der Waals surface area contributed by atoms with E-state index >= 15 is 0 Å². The number of aromatic nitrogens is 1. The number of carbonyl (C=O) groups is 1. The molecular formula is C35H24Cl2I2N2O4S. The second kappa shape index (κ2) is 14.4. The molecule has 232 valence electrons. The fourth-order valence-electron chi connectivity index (χ4n) is 5.12. The van der Waals surface area contributed by atoms with Gasteiger partial charge in [-0.25, -0.2) is 9.79 Å². The molecule has 0 unspecified atom stereocenters. The molecule has 1 aliphatic rings. The number of fused-ring (bicyclic) bond motifs is 1. The zero-order valence-corrected chi connectivity index (χ0v) is 30.8. The Hall–Kier alpha value is -2.97. The van der Waals surface area contributed by atoms with E-state index in [4.69, 9.17) is 37.7 Å². The van der Waals surface area contributed by atoms with Gasteiger partial charge in [-0.15, -0.1) is 0 Å². The van der Waals surface area contributed by atoms with Crippen LogP contribution in [0, 0.1) is 7.14 Å². The maximum atomic E-state index is 14.2. The first-order valence-electron chi connectivity index (χ1n) is 14.1. The van der Waals surface area contributed by atoms with Crippen molar-refractivity contribution < 1.29 is 14.3 Å². The zero-order chi connectivity index (χ0) is 32.4. The molecule has 1 aromatic heterocycles. The lowest BCUT2D eigenvalue weighted by atomic mass is 9.93. The number of benzene rings is 4. The molecule has 0 radical (unpaired) electrons. The summed E-state index contributed by atoms with van der Waals surface area (Å²) in [7, 11) is 0. The Labute approximate surface area is 306 Å². The topological polar surface area (TPSA) is 69.9 Å². The first-order chi connectivity index (χ1) is 22.2. The Morgan fingerprint density at radius 1 is 0.978 bits per heavy atom. The van der Waals surface area contributed by atoms with E-state index in [2.05, 4.69) is 45.2 Å². The van der Waals surface area contributed by atoms with Crippen LogP contribution in [0.2, 0.25) is 10.0 Å². The second-order valence-corrected chi connectivity index (χ2v) is 14.4. The maximum absolute atomic E-state index is 14.2. The number of hydrogen-bond donors (Lipinski definition) is 0. The van der Waals surface area contributed by atoms with E-state index in [0.29, 0.717) is 42.8 Å². The van der Waals surface area contributed by atoms with Crippen molar-refractivity contribution in [2.45, 2.75) is 19.6 Å². The van der Waals surface area contributed by atoms with Crippen molar-refractivity contribution >= 4 is 97.5 Å². The molecule has 0 bridgehead atoms. The molecule has 0 saturated heterocycles. The highest BCUT2D eigenvalue weighted by Gasteiger charge is 2.35. The number of nitrogens with zero attached hydrogens (tertiary/aromatic N) is 2. The molecule has 0 fully saturated rings. The minimum absolute atomic E-state index is 0.178. The summed E-state index contributed by atoms with van der Waals surface area (Å²) in [5.74, 6) is 0.213. The largest absolute Gasteiger partial charge is 0.487 e. The number of rotatable bonds is 8. The van der Waals surface area contributed by atoms with Gasteiger partial charge in [-0.2, -0.15) is 0 Å². The standard InChI is InChI=1S/C35H24Cl2I2N2O4S/c1-2-44-34(43)29-30(21-8-4-3-5-9-21)40-35-41(31(29)22-12-14-24(36)15-13-22)33(42)28(46-35)18-20-16-26(38)32(27(39)17-20)45-19-23-10-6-7-11-25(23)37/h3-18,31H,2,19H2,1H3/b28-18-/t31-/m1/s1. The minimum Gasteiger partial charge on any atom is -0.487 e. The van der Waals surface area contributed by atoms with Gasteiger partial charge < -0.3 is 9.47 Å². The van der Waals surface area contributed by atoms with Gasteiger partial charge in [0.1, 0.15) is 12.4 Å². The Morgan fingerprint density at radius 3 is 2.33 bits per heavy atom. The highest BCUT2D eigenvalue weighted by Crippen LogP contribution is 2.36. The van der Waals surface area contributed by atoms with Gasteiger partial charge in [0.15, 0.2) is 4.80 Å². The van der Waals surface area contributed by atoms with E-state index in [-0.39, 0.29) is 12.2 Å². The van der Waals surface area contributed by atoms with Crippen LogP contribution in [-0.2, 0) is 16.1 Å². The Balaban J connectivity index is 1.48. The molecule has 4 aromatic carbocycles. The average Bonchev–Trinajstić information content (AvgIpc) is 3.35. The quantitative estimate of drug-likeness (QED) is 0.117. The molecule has 1 atom stereocenters. The molecule has 2 heterocycles. The SMILES string of the molecule is CCOC(=O)C1=C(c2ccccc2)N=c2s/c(=C\c3cc(I)c(OCc4ccccc4Cl)c(I)c3)c(=O)n2[C@@H]1c1ccc(Cl)cc1. The molecule has 5 aromatic rings. The van der Waals surface area contributed by atoms with Crippen molar-refractivity contribution in [3.8, 4) is 5.75 Å². The number of ether oxygens (including phenoxy) is 2. The van der Waals surface area contributed by atoms with Crippen molar-refractivity contribution in [1.82, 2.24) is 4.57 Å². The first-order valence-corrected chi connectivity index (χ1v) is 17.9. The van der Waals surface area contributed by atoms with E-state index < -0.39 is 12.0 Å². The van der Waals surface area contributed by atoms with Gasteiger partial charge in [0.2, 0.25) is 0 Å². The fourth-order valence-corrected chi connectivity index (χ4v) is 8.56. The number of hydrogen-bond acceptors (Lipinski definition) is 6. The van der Waals surface area contributed by atoms with Crippen molar-refractivity contribution in [3.05, 3.63) is 156 Å². The lowest BCUT2D eigenvalue weighted by molar-refractivity contribution is -0.138. The monoisotopic (exact) mass is 892 g/mol. The summed E-state index contributed by atoms with van der Waals surface area (Å²) in [6, 6.07) is 27.4. The molecule has 0 N–H and O–H groups in total. The van der Waals surface area contributed by atoms with Gasteiger partial charge in [-0.05, 0) is 99.6 Å². The lowest BCUT2D eigenvalue weighted by Gasteiger charge is -2.25. The molecule has 46 heavy (non-hydrogen) atoms. The van der Waals surface area contributed by atoms with Crippen LogP contribution in [0.1, 0.15) is 35.2 Å². The molecule has 1 aliphatic heterocycles. The second-order valence-electron chi connectivity index (χ2n) is 10.2. The third-order valence-corrected chi connectivity index (χ3v) is 10.4. The smallest absolute Gasteiger partial charge is 0.338 e. The third-order valence-electron chi connectivity index (χ3n) is 7.21. The van der Waals surface area contributed by atoms with Crippen LogP contribution in [0.3, 0.4) is 0 Å². The summed E-state index contributed by atoms with van der Waals surface area (Å²) in [5, 5.41) is 1.20. The summed E-state index contributed by atoms with van der Waals surface area (Å²) >= 11 is 18.3.